The monoisotopic (exact) mass is 267 g/mol. The molecule has 0 unspecified atom stereocenters. The number of fused-ring (bicyclic) bond motifs is 1. The predicted molar refractivity (Wildman–Crippen MR) is 82.4 cm³/mol. The number of hydrogen-bond acceptors (Lipinski definition) is 4. The molecule has 3 rings (SSSR count). The Kier molecular flexibility index (Phi) is 3.25. The smallest absolute Gasteiger partial charge is 0.135 e. The van der Waals surface area contributed by atoms with Crippen LogP contribution in [0.15, 0.2) is 42.9 Å². The summed E-state index contributed by atoms with van der Waals surface area (Å²) in [6.45, 7) is 4.16. The molecule has 0 aliphatic rings. The van der Waals surface area contributed by atoms with Crippen LogP contribution in [0.3, 0.4) is 0 Å². The molecule has 0 saturated heterocycles. The Balaban J connectivity index is 1.87. The molecular weight excluding hydrogens is 250 g/mol. The van der Waals surface area contributed by atoms with E-state index in [2.05, 4.69) is 45.5 Å². The molecule has 3 aromatic rings. The number of benzene rings is 1. The fourth-order valence-corrected chi connectivity index (χ4v) is 2.11. The molecule has 0 aliphatic heterocycles. The summed E-state index contributed by atoms with van der Waals surface area (Å²) < 4.78 is 0. The van der Waals surface area contributed by atoms with Crippen LogP contribution < -0.4 is 10.6 Å². The van der Waals surface area contributed by atoms with Crippen LogP contribution in [-0.4, -0.2) is 21.0 Å². The zero-order chi connectivity index (χ0) is 13.9. The van der Waals surface area contributed by atoms with Crippen molar-refractivity contribution in [2.24, 2.45) is 0 Å². The number of para-hydroxylation sites is 1. The molecule has 5 nitrogen and oxygen atoms in total. The molecule has 0 fully saturated rings. The van der Waals surface area contributed by atoms with Crippen molar-refractivity contribution >= 4 is 28.2 Å². The third-order valence-electron chi connectivity index (χ3n) is 2.96. The van der Waals surface area contributed by atoms with Crippen molar-refractivity contribution in [2.75, 3.05) is 10.6 Å². The standard InChI is InChI=1S/C15H17N5/c1-10(2)19-14-7-15(18-9-17-14)20-13-8-16-12-6-4-3-5-11(12)13/h3-10,16H,1-2H3,(H2,17,18,19,20). The summed E-state index contributed by atoms with van der Waals surface area (Å²) in [6, 6.07) is 10.4. The zero-order valence-electron chi connectivity index (χ0n) is 11.5. The number of hydrogen-bond donors (Lipinski definition) is 3. The van der Waals surface area contributed by atoms with Crippen molar-refractivity contribution in [2.45, 2.75) is 19.9 Å². The Morgan fingerprint density at radius 2 is 1.90 bits per heavy atom. The molecular formula is C15H17N5. The first-order valence-electron chi connectivity index (χ1n) is 6.64. The van der Waals surface area contributed by atoms with Crippen LogP contribution in [0.4, 0.5) is 17.3 Å². The van der Waals surface area contributed by atoms with E-state index in [9.17, 15) is 0 Å². The second-order valence-corrected chi connectivity index (χ2v) is 4.96. The van der Waals surface area contributed by atoms with Crippen LogP contribution in [0.5, 0.6) is 0 Å². The fourth-order valence-electron chi connectivity index (χ4n) is 2.11. The number of H-pyrrole nitrogens is 1. The lowest BCUT2D eigenvalue weighted by Crippen LogP contribution is -2.11. The van der Waals surface area contributed by atoms with E-state index in [1.54, 1.807) is 6.33 Å². The highest BCUT2D eigenvalue weighted by Crippen LogP contribution is 2.25. The van der Waals surface area contributed by atoms with Crippen molar-refractivity contribution < 1.29 is 0 Å². The average Bonchev–Trinajstić information content (AvgIpc) is 2.82. The van der Waals surface area contributed by atoms with Gasteiger partial charge in [-0.05, 0) is 19.9 Å². The Bertz CT molecular complexity index is 717. The molecule has 102 valence electrons. The zero-order valence-corrected chi connectivity index (χ0v) is 11.5. The SMILES string of the molecule is CC(C)Nc1cc(Nc2c[nH]c3ccccc23)ncn1. The van der Waals surface area contributed by atoms with Gasteiger partial charge in [-0.2, -0.15) is 0 Å². The predicted octanol–water partition coefficient (Wildman–Crippen LogP) is 3.52. The summed E-state index contributed by atoms with van der Waals surface area (Å²) in [5, 5.41) is 7.72. The molecule has 5 heteroatoms. The van der Waals surface area contributed by atoms with Gasteiger partial charge in [0.05, 0.1) is 5.69 Å². The van der Waals surface area contributed by atoms with Crippen LogP contribution in [0, 0.1) is 0 Å². The molecule has 2 aromatic heterocycles. The Morgan fingerprint density at radius 1 is 1.10 bits per heavy atom. The van der Waals surface area contributed by atoms with Gasteiger partial charge in [-0.25, -0.2) is 9.97 Å². The van der Waals surface area contributed by atoms with Gasteiger partial charge in [0.1, 0.15) is 18.0 Å². The van der Waals surface area contributed by atoms with Gasteiger partial charge in [-0.3, -0.25) is 0 Å². The van der Waals surface area contributed by atoms with Gasteiger partial charge < -0.3 is 15.6 Å². The fraction of sp³-hybridized carbons (Fsp3) is 0.200. The lowest BCUT2D eigenvalue weighted by Gasteiger charge is -2.10. The van der Waals surface area contributed by atoms with E-state index in [0.717, 1.165) is 28.2 Å². The van der Waals surface area contributed by atoms with Gasteiger partial charge in [-0.15, -0.1) is 0 Å². The summed E-state index contributed by atoms with van der Waals surface area (Å²) in [4.78, 5) is 11.7. The maximum absolute atomic E-state index is 4.25. The van der Waals surface area contributed by atoms with Crippen LogP contribution in [-0.2, 0) is 0 Å². The van der Waals surface area contributed by atoms with Gasteiger partial charge in [0.2, 0.25) is 0 Å². The highest BCUT2D eigenvalue weighted by molar-refractivity contribution is 5.93. The quantitative estimate of drug-likeness (QED) is 0.676. The molecule has 0 bridgehead atoms. The second kappa shape index (κ2) is 5.21. The number of anilines is 3. The van der Waals surface area contributed by atoms with Crippen LogP contribution >= 0.6 is 0 Å². The Hall–Kier alpha value is -2.56. The topological polar surface area (TPSA) is 65.6 Å². The summed E-state index contributed by atoms with van der Waals surface area (Å²) in [6.07, 6.45) is 3.50. The minimum absolute atomic E-state index is 0.339. The molecule has 0 amide bonds. The lowest BCUT2D eigenvalue weighted by molar-refractivity contribution is 0.886. The Labute approximate surface area is 117 Å². The largest absolute Gasteiger partial charge is 0.368 e. The summed E-state index contributed by atoms with van der Waals surface area (Å²) in [7, 11) is 0. The summed E-state index contributed by atoms with van der Waals surface area (Å²) >= 11 is 0. The molecule has 2 heterocycles. The van der Waals surface area contributed by atoms with E-state index >= 15 is 0 Å². The first kappa shape index (κ1) is 12.5. The van der Waals surface area contributed by atoms with Crippen LogP contribution in [0.1, 0.15) is 13.8 Å². The van der Waals surface area contributed by atoms with Crippen molar-refractivity contribution in [1.29, 1.82) is 0 Å². The third-order valence-corrected chi connectivity index (χ3v) is 2.96. The highest BCUT2D eigenvalue weighted by Gasteiger charge is 2.05. The molecule has 0 radical (unpaired) electrons. The maximum Gasteiger partial charge on any atom is 0.135 e. The second-order valence-electron chi connectivity index (χ2n) is 4.96. The first-order valence-corrected chi connectivity index (χ1v) is 6.64. The maximum atomic E-state index is 4.25. The molecule has 0 saturated carbocycles. The molecule has 20 heavy (non-hydrogen) atoms. The summed E-state index contributed by atoms with van der Waals surface area (Å²) in [5.74, 6) is 1.59. The van der Waals surface area contributed by atoms with E-state index in [-0.39, 0.29) is 0 Å². The minimum Gasteiger partial charge on any atom is -0.368 e. The van der Waals surface area contributed by atoms with E-state index < -0.39 is 0 Å². The van der Waals surface area contributed by atoms with Gasteiger partial charge in [0.15, 0.2) is 0 Å². The van der Waals surface area contributed by atoms with Crippen molar-refractivity contribution in [3.63, 3.8) is 0 Å². The number of aromatic nitrogens is 3. The van der Waals surface area contributed by atoms with Gasteiger partial charge >= 0.3 is 0 Å². The van der Waals surface area contributed by atoms with Gasteiger partial charge in [0.25, 0.3) is 0 Å². The van der Waals surface area contributed by atoms with E-state index in [1.165, 1.54) is 0 Å². The molecule has 0 aliphatic carbocycles. The van der Waals surface area contributed by atoms with Crippen molar-refractivity contribution in [1.82, 2.24) is 15.0 Å². The third kappa shape index (κ3) is 2.56. The van der Waals surface area contributed by atoms with Crippen LogP contribution in [0.2, 0.25) is 0 Å². The van der Waals surface area contributed by atoms with Gasteiger partial charge in [0, 0.05) is 29.2 Å². The molecule has 1 aromatic carbocycles. The molecule has 3 N–H and O–H groups in total. The highest BCUT2D eigenvalue weighted by atomic mass is 15.1. The summed E-state index contributed by atoms with van der Waals surface area (Å²) in [5.41, 5.74) is 2.11. The van der Waals surface area contributed by atoms with E-state index in [0.29, 0.717) is 6.04 Å². The normalized spacial score (nSPS) is 10.9. The first-order chi connectivity index (χ1) is 9.72. The lowest BCUT2D eigenvalue weighted by atomic mass is 10.2. The minimum atomic E-state index is 0.339. The number of nitrogens with one attached hydrogen (secondary N) is 3. The van der Waals surface area contributed by atoms with Crippen LogP contribution in [0.25, 0.3) is 10.9 Å². The molecule has 0 spiro atoms. The average molecular weight is 267 g/mol. The number of aromatic amines is 1. The van der Waals surface area contributed by atoms with Gasteiger partial charge in [-0.1, -0.05) is 18.2 Å². The number of nitrogens with zero attached hydrogens (tertiary/aromatic N) is 2. The van der Waals surface area contributed by atoms with Crippen molar-refractivity contribution in [3.8, 4) is 0 Å². The number of rotatable bonds is 4. The Morgan fingerprint density at radius 3 is 2.75 bits per heavy atom. The molecule has 0 atom stereocenters. The van der Waals surface area contributed by atoms with Crippen molar-refractivity contribution in [3.05, 3.63) is 42.9 Å². The van der Waals surface area contributed by atoms with E-state index in [4.69, 9.17) is 0 Å². The van der Waals surface area contributed by atoms with E-state index in [1.807, 2.05) is 30.5 Å².